The van der Waals surface area contributed by atoms with Crippen LogP contribution in [0.4, 0.5) is 0 Å². The minimum absolute atomic E-state index is 0.836. The molecule has 2 aromatic carbocycles. The molecule has 0 heterocycles. The van der Waals surface area contributed by atoms with E-state index in [0.29, 0.717) is 0 Å². The maximum Gasteiger partial charge on any atom is 0.119 e. The first-order valence-electron chi connectivity index (χ1n) is 7.99. The number of ether oxygens (including phenoxy) is 1. The number of hydrogen-bond acceptors (Lipinski definition) is 1. The smallest absolute Gasteiger partial charge is 0.119 e. The lowest BCUT2D eigenvalue weighted by molar-refractivity contribution is 0.305. The molecule has 0 unspecified atom stereocenters. The van der Waals surface area contributed by atoms with Gasteiger partial charge in [-0.1, -0.05) is 63.8 Å². The van der Waals surface area contributed by atoms with Crippen molar-refractivity contribution in [3.05, 3.63) is 42.0 Å². The summed E-state index contributed by atoms with van der Waals surface area (Å²) in [6.07, 6.45) is 7.49. The van der Waals surface area contributed by atoms with Gasteiger partial charge >= 0.3 is 0 Å². The van der Waals surface area contributed by atoms with E-state index in [1.165, 1.54) is 42.0 Å². The van der Waals surface area contributed by atoms with Crippen LogP contribution >= 0.6 is 0 Å². The zero-order valence-electron chi connectivity index (χ0n) is 12.8. The first-order chi connectivity index (χ1) is 9.85. The monoisotopic (exact) mass is 270 g/mol. The fourth-order valence-electron chi connectivity index (χ4n) is 2.62. The Bertz CT molecular complexity index is 530. The van der Waals surface area contributed by atoms with Crippen molar-refractivity contribution in [1.82, 2.24) is 0 Å². The Morgan fingerprint density at radius 2 is 1.75 bits per heavy atom. The molecule has 1 nitrogen and oxygen atoms in total. The fraction of sp³-hybridized carbons (Fsp3) is 0.474. The molecule has 0 amide bonds. The van der Waals surface area contributed by atoms with Crippen LogP contribution in [0.25, 0.3) is 10.8 Å². The predicted octanol–water partition coefficient (Wildman–Crippen LogP) is 5.75. The van der Waals surface area contributed by atoms with Gasteiger partial charge in [0.1, 0.15) is 5.75 Å². The van der Waals surface area contributed by atoms with E-state index in [4.69, 9.17) is 4.74 Å². The van der Waals surface area contributed by atoms with Gasteiger partial charge < -0.3 is 4.74 Å². The SMILES string of the molecule is CCCCCCCOc1ccc2c(CC)cccc2c1. The number of benzene rings is 2. The van der Waals surface area contributed by atoms with Crippen LogP contribution in [0.5, 0.6) is 5.75 Å². The highest BCUT2D eigenvalue weighted by Gasteiger charge is 2.01. The molecule has 0 aliphatic heterocycles. The zero-order valence-corrected chi connectivity index (χ0v) is 12.8. The normalized spacial score (nSPS) is 10.9. The summed E-state index contributed by atoms with van der Waals surface area (Å²) in [5.74, 6) is 1.00. The molecule has 0 N–H and O–H groups in total. The zero-order chi connectivity index (χ0) is 14.2. The van der Waals surface area contributed by atoms with E-state index in [-0.39, 0.29) is 0 Å². The Morgan fingerprint density at radius 3 is 2.55 bits per heavy atom. The first-order valence-corrected chi connectivity index (χ1v) is 7.99. The molecule has 2 aromatic rings. The van der Waals surface area contributed by atoms with E-state index in [1.807, 2.05) is 0 Å². The van der Waals surface area contributed by atoms with Crippen molar-refractivity contribution >= 4 is 10.8 Å². The molecule has 0 saturated carbocycles. The number of fused-ring (bicyclic) bond motifs is 1. The van der Waals surface area contributed by atoms with Crippen molar-refractivity contribution in [2.75, 3.05) is 6.61 Å². The highest BCUT2D eigenvalue weighted by molar-refractivity contribution is 5.86. The molecule has 108 valence electrons. The molecule has 0 radical (unpaired) electrons. The minimum atomic E-state index is 0.836. The van der Waals surface area contributed by atoms with Crippen molar-refractivity contribution in [2.45, 2.75) is 52.4 Å². The summed E-state index contributed by atoms with van der Waals surface area (Å²) >= 11 is 0. The van der Waals surface area contributed by atoms with Crippen molar-refractivity contribution in [3.8, 4) is 5.75 Å². The topological polar surface area (TPSA) is 9.23 Å². The van der Waals surface area contributed by atoms with Crippen LogP contribution in [0.15, 0.2) is 36.4 Å². The lowest BCUT2D eigenvalue weighted by atomic mass is 10.0. The summed E-state index contributed by atoms with van der Waals surface area (Å²) in [5.41, 5.74) is 1.41. The van der Waals surface area contributed by atoms with E-state index in [0.717, 1.165) is 25.2 Å². The van der Waals surface area contributed by atoms with Crippen LogP contribution in [-0.2, 0) is 6.42 Å². The van der Waals surface area contributed by atoms with Crippen LogP contribution in [0.1, 0.15) is 51.5 Å². The Balaban J connectivity index is 1.91. The fourth-order valence-corrected chi connectivity index (χ4v) is 2.62. The van der Waals surface area contributed by atoms with Gasteiger partial charge in [0.25, 0.3) is 0 Å². The molecular weight excluding hydrogens is 244 g/mol. The summed E-state index contributed by atoms with van der Waals surface area (Å²) in [6.45, 7) is 5.29. The molecule has 0 aliphatic carbocycles. The summed E-state index contributed by atoms with van der Waals surface area (Å²) in [6, 6.07) is 13.0. The molecule has 1 heteroatoms. The van der Waals surface area contributed by atoms with E-state index in [1.54, 1.807) is 0 Å². The Morgan fingerprint density at radius 1 is 0.900 bits per heavy atom. The molecule has 0 aromatic heterocycles. The van der Waals surface area contributed by atoms with E-state index < -0.39 is 0 Å². The van der Waals surface area contributed by atoms with Crippen molar-refractivity contribution in [1.29, 1.82) is 0 Å². The van der Waals surface area contributed by atoms with Crippen molar-refractivity contribution in [2.24, 2.45) is 0 Å². The summed E-state index contributed by atoms with van der Waals surface area (Å²) in [5, 5.41) is 2.64. The molecule has 0 fully saturated rings. The molecule has 2 rings (SSSR count). The molecular formula is C19H26O. The molecule has 0 saturated heterocycles. The van der Waals surface area contributed by atoms with E-state index in [9.17, 15) is 0 Å². The number of unbranched alkanes of at least 4 members (excludes halogenated alkanes) is 4. The largest absolute Gasteiger partial charge is 0.494 e. The third-order valence-electron chi connectivity index (χ3n) is 3.84. The molecule has 0 aliphatic rings. The lowest BCUT2D eigenvalue weighted by Gasteiger charge is -2.09. The van der Waals surface area contributed by atoms with Gasteiger partial charge in [-0.2, -0.15) is 0 Å². The van der Waals surface area contributed by atoms with Crippen LogP contribution in [-0.4, -0.2) is 6.61 Å². The van der Waals surface area contributed by atoms with Crippen LogP contribution in [0.2, 0.25) is 0 Å². The summed E-state index contributed by atoms with van der Waals surface area (Å²) < 4.78 is 5.87. The van der Waals surface area contributed by atoms with Crippen molar-refractivity contribution in [3.63, 3.8) is 0 Å². The van der Waals surface area contributed by atoms with Gasteiger partial charge in [-0.25, -0.2) is 0 Å². The van der Waals surface area contributed by atoms with Crippen LogP contribution in [0.3, 0.4) is 0 Å². The molecule has 0 bridgehead atoms. The van der Waals surface area contributed by atoms with Gasteiger partial charge in [-0.15, -0.1) is 0 Å². The van der Waals surface area contributed by atoms with Gasteiger partial charge in [-0.3, -0.25) is 0 Å². The Labute approximate surface area is 123 Å². The van der Waals surface area contributed by atoms with Gasteiger partial charge in [0.15, 0.2) is 0 Å². The van der Waals surface area contributed by atoms with Gasteiger partial charge in [0.05, 0.1) is 6.61 Å². The molecule has 20 heavy (non-hydrogen) atoms. The maximum absolute atomic E-state index is 5.87. The second-order valence-electron chi connectivity index (χ2n) is 5.42. The highest BCUT2D eigenvalue weighted by Crippen LogP contribution is 2.24. The minimum Gasteiger partial charge on any atom is -0.494 e. The third kappa shape index (κ3) is 4.00. The first kappa shape index (κ1) is 14.9. The van der Waals surface area contributed by atoms with Crippen LogP contribution in [0, 0.1) is 0 Å². The Hall–Kier alpha value is -1.50. The number of aryl methyl sites for hydroxylation is 1. The highest BCUT2D eigenvalue weighted by atomic mass is 16.5. The molecule has 0 atom stereocenters. The van der Waals surface area contributed by atoms with Gasteiger partial charge in [0, 0.05) is 0 Å². The van der Waals surface area contributed by atoms with Crippen LogP contribution < -0.4 is 4.74 Å². The second kappa shape index (κ2) is 7.94. The average Bonchev–Trinajstić information content (AvgIpc) is 2.50. The average molecular weight is 270 g/mol. The maximum atomic E-state index is 5.87. The molecule has 0 spiro atoms. The van der Waals surface area contributed by atoms with Crippen molar-refractivity contribution < 1.29 is 4.74 Å². The van der Waals surface area contributed by atoms with E-state index in [2.05, 4.69) is 50.2 Å². The standard InChI is InChI=1S/C19H26O/c1-3-5-6-7-8-14-20-18-12-13-19-16(4-2)10-9-11-17(19)15-18/h9-13,15H,3-8,14H2,1-2H3. The quantitative estimate of drug-likeness (QED) is 0.555. The Kier molecular flexibility index (Phi) is 5.91. The third-order valence-corrected chi connectivity index (χ3v) is 3.84. The number of rotatable bonds is 8. The van der Waals surface area contributed by atoms with E-state index >= 15 is 0 Å². The second-order valence-corrected chi connectivity index (χ2v) is 5.42. The summed E-state index contributed by atoms with van der Waals surface area (Å²) in [4.78, 5) is 0. The van der Waals surface area contributed by atoms with Gasteiger partial charge in [0.2, 0.25) is 0 Å². The van der Waals surface area contributed by atoms with Gasteiger partial charge in [-0.05, 0) is 41.3 Å². The predicted molar refractivity (Wildman–Crippen MR) is 87.6 cm³/mol. The summed E-state index contributed by atoms with van der Waals surface area (Å²) in [7, 11) is 0. The number of hydrogen-bond donors (Lipinski definition) is 0. The lowest BCUT2D eigenvalue weighted by Crippen LogP contribution is -1.97.